The zero-order chi connectivity index (χ0) is 12.4. The van der Waals surface area contributed by atoms with Gasteiger partial charge in [0.15, 0.2) is 0 Å². The fourth-order valence-corrected chi connectivity index (χ4v) is 1.79. The van der Waals surface area contributed by atoms with Crippen LogP contribution in [0.15, 0.2) is 34.9 Å². The van der Waals surface area contributed by atoms with E-state index in [2.05, 4.69) is 20.9 Å². The summed E-state index contributed by atoms with van der Waals surface area (Å²) in [6.07, 6.45) is 1.72. The van der Waals surface area contributed by atoms with E-state index >= 15 is 0 Å². The molecule has 2 aromatic rings. The molecule has 3 nitrogen and oxygen atoms in total. The molecule has 0 fully saturated rings. The third-order valence-corrected chi connectivity index (χ3v) is 3.42. The van der Waals surface area contributed by atoms with Crippen LogP contribution in [0, 0.1) is 13.8 Å². The number of aromatic nitrogens is 1. The SMILES string of the molecule is Cc1cc(N)ccc1Oc1nccc(C)c1Br. The van der Waals surface area contributed by atoms with Crippen LogP contribution in [0.25, 0.3) is 0 Å². The van der Waals surface area contributed by atoms with E-state index in [1.54, 1.807) is 6.20 Å². The maximum absolute atomic E-state index is 5.76. The summed E-state index contributed by atoms with van der Waals surface area (Å²) in [7, 11) is 0. The average Bonchev–Trinajstić information content (AvgIpc) is 2.28. The first-order valence-electron chi connectivity index (χ1n) is 5.23. The Bertz CT molecular complexity index is 555. The Morgan fingerprint density at radius 1 is 1.18 bits per heavy atom. The van der Waals surface area contributed by atoms with Gasteiger partial charge in [-0.2, -0.15) is 0 Å². The summed E-state index contributed by atoms with van der Waals surface area (Å²) >= 11 is 3.46. The van der Waals surface area contributed by atoms with Crippen LogP contribution in [0.5, 0.6) is 11.6 Å². The molecule has 1 aromatic carbocycles. The highest BCUT2D eigenvalue weighted by Crippen LogP contribution is 2.31. The third-order valence-electron chi connectivity index (χ3n) is 2.46. The van der Waals surface area contributed by atoms with E-state index in [9.17, 15) is 0 Å². The highest BCUT2D eigenvalue weighted by atomic mass is 79.9. The van der Waals surface area contributed by atoms with E-state index in [4.69, 9.17) is 10.5 Å². The molecule has 0 spiro atoms. The van der Waals surface area contributed by atoms with Gasteiger partial charge in [-0.1, -0.05) is 0 Å². The second kappa shape index (κ2) is 4.75. The monoisotopic (exact) mass is 292 g/mol. The van der Waals surface area contributed by atoms with Crippen molar-refractivity contribution in [3.8, 4) is 11.6 Å². The molecule has 0 saturated heterocycles. The number of halogens is 1. The Morgan fingerprint density at radius 3 is 2.65 bits per heavy atom. The number of nitrogens with zero attached hydrogens (tertiary/aromatic N) is 1. The largest absolute Gasteiger partial charge is 0.438 e. The molecule has 17 heavy (non-hydrogen) atoms. The number of rotatable bonds is 2. The molecule has 0 unspecified atom stereocenters. The summed E-state index contributed by atoms with van der Waals surface area (Å²) in [5, 5.41) is 0. The van der Waals surface area contributed by atoms with Crippen molar-refractivity contribution in [1.29, 1.82) is 0 Å². The minimum atomic E-state index is 0.567. The van der Waals surface area contributed by atoms with Crippen molar-refractivity contribution in [3.05, 3.63) is 46.1 Å². The molecule has 0 radical (unpaired) electrons. The van der Waals surface area contributed by atoms with Crippen LogP contribution in [0.4, 0.5) is 5.69 Å². The molecule has 1 aromatic heterocycles. The lowest BCUT2D eigenvalue weighted by molar-refractivity contribution is 0.456. The number of aryl methyl sites for hydroxylation is 2. The van der Waals surface area contributed by atoms with Gasteiger partial charge in [0, 0.05) is 11.9 Å². The van der Waals surface area contributed by atoms with E-state index in [1.807, 2.05) is 38.1 Å². The molecule has 1 heterocycles. The first kappa shape index (κ1) is 11.9. The number of benzene rings is 1. The van der Waals surface area contributed by atoms with Gasteiger partial charge in [-0.05, 0) is 65.2 Å². The first-order chi connectivity index (χ1) is 8.08. The Balaban J connectivity index is 2.35. The molecule has 0 aliphatic rings. The second-order valence-electron chi connectivity index (χ2n) is 3.87. The lowest BCUT2D eigenvalue weighted by atomic mass is 10.2. The smallest absolute Gasteiger partial charge is 0.233 e. The van der Waals surface area contributed by atoms with Gasteiger partial charge in [-0.15, -0.1) is 0 Å². The van der Waals surface area contributed by atoms with Crippen molar-refractivity contribution in [2.75, 3.05) is 5.73 Å². The van der Waals surface area contributed by atoms with Crippen LogP contribution >= 0.6 is 15.9 Å². The minimum Gasteiger partial charge on any atom is -0.438 e. The number of hydrogen-bond donors (Lipinski definition) is 1. The Kier molecular flexibility index (Phi) is 3.33. The summed E-state index contributed by atoms with van der Waals surface area (Å²) in [4.78, 5) is 4.20. The predicted molar refractivity (Wildman–Crippen MR) is 72.3 cm³/mol. The summed E-state index contributed by atoms with van der Waals surface area (Å²) in [5.41, 5.74) is 8.49. The maximum atomic E-state index is 5.76. The molecule has 4 heteroatoms. The van der Waals surface area contributed by atoms with E-state index < -0.39 is 0 Å². The highest BCUT2D eigenvalue weighted by molar-refractivity contribution is 9.10. The van der Waals surface area contributed by atoms with Crippen LogP contribution in [-0.4, -0.2) is 4.98 Å². The van der Waals surface area contributed by atoms with Gasteiger partial charge in [-0.3, -0.25) is 0 Å². The number of pyridine rings is 1. The molecule has 0 atom stereocenters. The molecule has 0 aliphatic carbocycles. The molecular formula is C13H13BrN2O. The number of nitrogens with two attached hydrogens (primary N) is 1. The van der Waals surface area contributed by atoms with Gasteiger partial charge in [0.05, 0.1) is 4.47 Å². The maximum Gasteiger partial charge on any atom is 0.233 e. The van der Waals surface area contributed by atoms with Crippen molar-refractivity contribution in [2.45, 2.75) is 13.8 Å². The number of ether oxygens (including phenoxy) is 1. The number of anilines is 1. The van der Waals surface area contributed by atoms with Crippen LogP contribution in [-0.2, 0) is 0 Å². The molecule has 0 bridgehead atoms. The summed E-state index contributed by atoms with van der Waals surface area (Å²) in [6.45, 7) is 3.95. The Morgan fingerprint density at radius 2 is 1.94 bits per heavy atom. The lowest BCUT2D eigenvalue weighted by Crippen LogP contribution is -1.94. The van der Waals surface area contributed by atoms with Crippen molar-refractivity contribution >= 4 is 21.6 Å². The topological polar surface area (TPSA) is 48.1 Å². The van der Waals surface area contributed by atoms with Gasteiger partial charge in [0.1, 0.15) is 5.75 Å². The van der Waals surface area contributed by atoms with Gasteiger partial charge in [0.2, 0.25) is 5.88 Å². The van der Waals surface area contributed by atoms with Crippen molar-refractivity contribution in [2.24, 2.45) is 0 Å². The highest BCUT2D eigenvalue weighted by Gasteiger charge is 2.08. The quantitative estimate of drug-likeness (QED) is 0.856. The summed E-state index contributed by atoms with van der Waals surface area (Å²) < 4.78 is 6.63. The van der Waals surface area contributed by atoms with E-state index in [0.717, 1.165) is 27.0 Å². The van der Waals surface area contributed by atoms with E-state index in [-0.39, 0.29) is 0 Å². The molecule has 0 aliphatic heterocycles. The van der Waals surface area contributed by atoms with Crippen LogP contribution in [0.3, 0.4) is 0 Å². The molecule has 0 amide bonds. The predicted octanol–water partition coefficient (Wildman–Crippen LogP) is 3.84. The second-order valence-corrected chi connectivity index (χ2v) is 4.67. The van der Waals surface area contributed by atoms with Crippen molar-refractivity contribution in [3.63, 3.8) is 0 Å². The first-order valence-corrected chi connectivity index (χ1v) is 6.02. The minimum absolute atomic E-state index is 0.567. The van der Waals surface area contributed by atoms with Gasteiger partial charge < -0.3 is 10.5 Å². The molecule has 0 saturated carbocycles. The van der Waals surface area contributed by atoms with Gasteiger partial charge in [0.25, 0.3) is 0 Å². The van der Waals surface area contributed by atoms with Crippen LogP contribution in [0.2, 0.25) is 0 Å². The summed E-state index contributed by atoms with van der Waals surface area (Å²) in [5.74, 6) is 1.33. The Labute approximate surface area is 109 Å². The molecule has 2 N–H and O–H groups in total. The normalized spacial score (nSPS) is 10.3. The standard InChI is InChI=1S/C13H13BrN2O/c1-8-5-6-16-13(12(8)14)17-11-4-3-10(15)7-9(11)2/h3-7H,15H2,1-2H3. The van der Waals surface area contributed by atoms with E-state index in [0.29, 0.717) is 5.88 Å². The van der Waals surface area contributed by atoms with Crippen LogP contribution in [0.1, 0.15) is 11.1 Å². The fourth-order valence-electron chi connectivity index (χ4n) is 1.48. The lowest BCUT2D eigenvalue weighted by Gasteiger charge is -2.10. The zero-order valence-corrected chi connectivity index (χ0v) is 11.3. The molecular weight excluding hydrogens is 280 g/mol. The van der Waals surface area contributed by atoms with Crippen molar-refractivity contribution in [1.82, 2.24) is 4.98 Å². The fraction of sp³-hybridized carbons (Fsp3) is 0.154. The molecule has 88 valence electrons. The van der Waals surface area contributed by atoms with E-state index in [1.165, 1.54) is 0 Å². The average molecular weight is 293 g/mol. The number of hydrogen-bond acceptors (Lipinski definition) is 3. The molecule has 2 rings (SSSR count). The van der Waals surface area contributed by atoms with Gasteiger partial charge >= 0.3 is 0 Å². The third kappa shape index (κ3) is 2.58. The Hall–Kier alpha value is -1.55. The van der Waals surface area contributed by atoms with Gasteiger partial charge in [-0.25, -0.2) is 4.98 Å². The summed E-state index contributed by atoms with van der Waals surface area (Å²) in [6, 6.07) is 7.46. The zero-order valence-electron chi connectivity index (χ0n) is 9.70. The van der Waals surface area contributed by atoms with Crippen LogP contribution < -0.4 is 10.5 Å². The number of nitrogen functional groups attached to an aromatic ring is 1. The van der Waals surface area contributed by atoms with Crippen molar-refractivity contribution < 1.29 is 4.74 Å².